The van der Waals surface area contributed by atoms with Crippen LogP contribution < -0.4 is 5.73 Å². The van der Waals surface area contributed by atoms with Gasteiger partial charge in [-0.25, -0.2) is 4.79 Å². The van der Waals surface area contributed by atoms with Crippen LogP contribution in [-0.2, 0) is 11.3 Å². The van der Waals surface area contributed by atoms with Crippen LogP contribution in [0.25, 0.3) is 0 Å². The number of primary amides is 1. The van der Waals surface area contributed by atoms with Gasteiger partial charge in [-0.3, -0.25) is 14.9 Å². The molecule has 0 bridgehead atoms. The van der Waals surface area contributed by atoms with Gasteiger partial charge in [0.2, 0.25) is 5.91 Å². The number of nitro benzene ring substituents is 1. The fourth-order valence-electron chi connectivity index (χ4n) is 2.73. The molecule has 0 heterocycles. The number of nitrogens with two attached hydrogens (primary N) is 1. The summed E-state index contributed by atoms with van der Waals surface area (Å²) < 4.78 is 5.25. The molecule has 130 valence electrons. The number of hydrogen-bond acceptors (Lipinski definition) is 5. The van der Waals surface area contributed by atoms with Crippen molar-refractivity contribution in [3.63, 3.8) is 0 Å². The Labute approximate surface area is 144 Å². The minimum Gasteiger partial charge on any atom is -0.457 e. The molecular formula is C18H18N2O5. The molecule has 0 aliphatic rings. The quantitative estimate of drug-likeness (QED) is 0.510. The van der Waals surface area contributed by atoms with E-state index in [1.54, 1.807) is 13.8 Å². The van der Waals surface area contributed by atoms with Gasteiger partial charge in [-0.05, 0) is 44.0 Å². The van der Waals surface area contributed by atoms with E-state index in [0.29, 0.717) is 5.56 Å². The van der Waals surface area contributed by atoms with E-state index >= 15 is 0 Å². The Bertz CT molecular complexity index is 851. The normalized spacial score (nSPS) is 10.4. The van der Waals surface area contributed by atoms with Crippen molar-refractivity contribution in [3.8, 4) is 0 Å². The number of rotatable bonds is 5. The number of carbonyl (C=O) groups excluding carboxylic acids is 2. The fourth-order valence-corrected chi connectivity index (χ4v) is 2.73. The zero-order valence-corrected chi connectivity index (χ0v) is 14.2. The Hall–Kier alpha value is -3.22. The largest absolute Gasteiger partial charge is 0.457 e. The molecule has 2 aromatic carbocycles. The fraction of sp³-hybridized carbons (Fsp3) is 0.222. The van der Waals surface area contributed by atoms with Gasteiger partial charge in [-0.1, -0.05) is 17.7 Å². The summed E-state index contributed by atoms with van der Waals surface area (Å²) in [6.45, 7) is 5.26. The molecular weight excluding hydrogens is 324 g/mol. The maximum absolute atomic E-state index is 12.4. The van der Waals surface area contributed by atoms with Crippen molar-refractivity contribution in [3.05, 3.63) is 73.8 Å². The summed E-state index contributed by atoms with van der Waals surface area (Å²) in [5, 5.41) is 11.2. The second-order valence-electron chi connectivity index (χ2n) is 5.81. The summed E-state index contributed by atoms with van der Waals surface area (Å²) in [6.07, 6.45) is 0. The van der Waals surface area contributed by atoms with Crippen LogP contribution in [0.1, 0.15) is 43.0 Å². The van der Waals surface area contributed by atoms with Crippen LogP contribution in [-0.4, -0.2) is 16.8 Å². The first-order valence-corrected chi connectivity index (χ1v) is 7.52. The third-order valence-electron chi connectivity index (χ3n) is 3.81. The van der Waals surface area contributed by atoms with Gasteiger partial charge in [0, 0.05) is 11.6 Å². The van der Waals surface area contributed by atoms with Crippen LogP contribution in [0.2, 0.25) is 0 Å². The van der Waals surface area contributed by atoms with Gasteiger partial charge >= 0.3 is 5.97 Å². The molecule has 25 heavy (non-hydrogen) atoms. The summed E-state index contributed by atoms with van der Waals surface area (Å²) >= 11 is 0. The first-order valence-electron chi connectivity index (χ1n) is 7.52. The molecule has 2 rings (SSSR count). The SMILES string of the molecule is Cc1cc(C)c(C(=O)OCc2ccc(C(N)=O)cc2[N+](=O)[O-])c(C)c1. The number of nitro groups is 1. The molecule has 0 aromatic heterocycles. The molecule has 0 aliphatic carbocycles. The van der Waals surface area contributed by atoms with Gasteiger partial charge in [-0.15, -0.1) is 0 Å². The minimum absolute atomic E-state index is 0.0204. The molecule has 0 fully saturated rings. The number of nitrogens with zero attached hydrogens (tertiary/aromatic N) is 1. The maximum atomic E-state index is 12.4. The number of esters is 1. The van der Waals surface area contributed by atoms with Crippen LogP contribution in [0.4, 0.5) is 5.69 Å². The second kappa shape index (κ2) is 7.12. The molecule has 0 spiro atoms. The third kappa shape index (κ3) is 4.00. The van der Waals surface area contributed by atoms with Gasteiger partial charge in [0.05, 0.1) is 16.1 Å². The van der Waals surface area contributed by atoms with Crippen molar-refractivity contribution in [2.24, 2.45) is 5.73 Å². The predicted octanol–water partition coefficient (Wildman–Crippen LogP) is 2.98. The summed E-state index contributed by atoms with van der Waals surface area (Å²) in [7, 11) is 0. The highest BCUT2D eigenvalue weighted by Gasteiger charge is 2.20. The highest BCUT2D eigenvalue weighted by Crippen LogP contribution is 2.23. The van der Waals surface area contributed by atoms with Crippen molar-refractivity contribution >= 4 is 17.6 Å². The molecule has 1 amide bonds. The molecule has 0 radical (unpaired) electrons. The van der Waals surface area contributed by atoms with Gasteiger partial charge in [0.1, 0.15) is 6.61 Å². The molecule has 0 aliphatic heterocycles. The Morgan fingerprint density at radius 3 is 2.24 bits per heavy atom. The first kappa shape index (κ1) is 18.1. The number of aryl methyl sites for hydroxylation is 3. The van der Waals surface area contributed by atoms with Crippen LogP contribution in [0.3, 0.4) is 0 Å². The van der Waals surface area contributed by atoms with E-state index in [-0.39, 0.29) is 23.4 Å². The van der Waals surface area contributed by atoms with Crippen molar-refractivity contribution in [2.75, 3.05) is 0 Å². The van der Waals surface area contributed by atoms with Crippen LogP contribution in [0.15, 0.2) is 30.3 Å². The van der Waals surface area contributed by atoms with Crippen molar-refractivity contribution in [1.82, 2.24) is 0 Å². The molecule has 0 unspecified atom stereocenters. The van der Waals surface area contributed by atoms with Crippen molar-refractivity contribution in [1.29, 1.82) is 0 Å². The van der Waals surface area contributed by atoms with E-state index in [2.05, 4.69) is 0 Å². The summed E-state index contributed by atoms with van der Waals surface area (Å²) in [5.41, 5.74) is 8.05. The van der Waals surface area contributed by atoms with Crippen LogP contribution >= 0.6 is 0 Å². The molecule has 2 N–H and O–H groups in total. The topological polar surface area (TPSA) is 113 Å². The van der Waals surface area contributed by atoms with Crippen molar-refractivity contribution < 1.29 is 19.2 Å². The Balaban J connectivity index is 2.26. The van der Waals surface area contributed by atoms with Gasteiger partial charge < -0.3 is 10.5 Å². The lowest BCUT2D eigenvalue weighted by molar-refractivity contribution is -0.385. The highest BCUT2D eigenvalue weighted by molar-refractivity contribution is 5.94. The average molecular weight is 342 g/mol. The Kier molecular flexibility index (Phi) is 5.17. The minimum atomic E-state index is -0.766. The smallest absolute Gasteiger partial charge is 0.339 e. The first-order chi connectivity index (χ1) is 11.7. The molecule has 2 aromatic rings. The lowest BCUT2D eigenvalue weighted by Gasteiger charge is -2.11. The summed E-state index contributed by atoms with van der Waals surface area (Å²) in [5.74, 6) is -1.32. The van der Waals surface area contributed by atoms with Gasteiger partial charge in [0.25, 0.3) is 5.69 Å². The van der Waals surface area contributed by atoms with E-state index in [1.807, 2.05) is 19.1 Å². The van der Waals surface area contributed by atoms with E-state index in [9.17, 15) is 19.7 Å². The van der Waals surface area contributed by atoms with Crippen LogP contribution in [0, 0.1) is 30.9 Å². The molecule has 7 nitrogen and oxygen atoms in total. The number of ether oxygens (including phenoxy) is 1. The third-order valence-corrected chi connectivity index (χ3v) is 3.81. The van der Waals surface area contributed by atoms with Gasteiger partial charge in [-0.2, -0.15) is 0 Å². The zero-order chi connectivity index (χ0) is 18.7. The average Bonchev–Trinajstić information content (AvgIpc) is 2.51. The van der Waals surface area contributed by atoms with E-state index < -0.39 is 16.8 Å². The standard InChI is InChI=1S/C18H18N2O5/c1-10-6-11(2)16(12(3)7-10)18(22)25-9-14-5-4-13(17(19)21)8-15(14)20(23)24/h4-8H,9H2,1-3H3,(H2,19,21). The van der Waals surface area contributed by atoms with Crippen molar-refractivity contribution in [2.45, 2.75) is 27.4 Å². The number of amides is 1. The Morgan fingerprint density at radius 2 is 1.72 bits per heavy atom. The number of carbonyl (C=O) groups is 2. The predicted molar refractivity (Wildman–Crippen MR) is 91.4 cm³/mol. The molecule has 0 saturated heterocycles. The zero-order valence-electron chi connectivity index (χ0n) is 14.2. The summed E-state index contributed by atoms with van der Waals surface area (Å²) in [4.78, 5) is 34.0. The molecule has 0 atom stereocenters. The second-order valence-corrected chi connectivity index (χ2v) is 5.81. The van der Waals surface area contributed by atoms with Crippen LogP contribution in [0.5, 0.6) is 0 Å². The Morgan fingerprint density at radius 1 is 1.12 bits per heavy atom. The monoisotopic (exact) mass is 342 g/mol. The number of benzene rings is 2. The molecule has 7 heteroatoms. The van der Waals surface area contributed by atoms with E-state index in [4.69, 9.17) is 10.5 Å². The lowest BCUT2D eigenvalue weighted by atomic mass is 10.00. The lowest BCUT2D eigenvalue weighted by Crippen LogP contribution is -2.13. The highest BCUT2D eigenvalue weighted by atomic mass is 16.6. The van der Waals surface area contributed by atoms with E-state index in [0.717, 1.165) is 22.8 Å². The summed E-state index contributed by atoms with van der Waals surface area (Å²) in [6, 6.07) is 7.54. The van der Waals surface area contributed by atoms with Gasteiger partial charge in [0.15, 0.2) is 0 Å². The number of hydrogen-bond donors (Lipinski definition) is 1. The maximum Gasteiger partial charge on any atom is 0.339 e. The molecule has 0 saturated carbocycles. The van der Waals surface area contributed by atoms with E-state index in [1.165, 1.54) is 12.1 Å².